The van der Waals surface area contributed by atoms with Crippen molar-refractivity contribution in [2.45, 2.75) is 26.4 Å². The van der Waals surface area contributed by atoms with Gasteiger partial charge in [-0.2, -0.15) is 5.10 Å². The molecule has 0 saturated heterocycles. The Bertz CT molecular complexity index is 836. The van der Waals surface area contributed by atoms with E-state index in [-0.39, 0.29) is 18.0 Å². The number of benzene rings is 1. The van der Waals surface area contributed by atoms with Gasteiger partial charge in [0.2, 0.25) is 0 Å². The van der Waals surface area contributed by atoms with Gasteiger partial charge in [0.15, 0.2) is 0 Å². The maximum atomic E-state index is 12.4. The molecule has 0 aliphatic rings. The summed E-state index contributed by atoms with van der Waals surface area (Å²) >= 11 is 0. The van der Waals surface area contributed by atoms with Crippen molar-refractivity contribution >= 4 is 22.8 Å². The summed E-state index contributed by atoms with van der Waals surface area (Å²) in [4.78, 5) is 20.3. The first-order valence-electron chi connectivity index (χ1n) is 8.60. The van der Waals surface area contributed by atoms with Crippen LogP contribution in [0.15, 0.2) is 36.7 Å². The first-order valence-corrected chi connectivity index (χ1v) is 8.60. The lowest BCUT2D eigenvalue weighted by atomic mass is 10.0. The number of methoxy groups -OCH3 is 1. The molecule has 0 aliphatic heterocycles. The zero-order chi connectivity index (χ0) is 18.5. The lowest BCUT2D eigenvalue weighted by Gasteiger charge is -2.20. The van der Waals surface area contributed by atoms with Crippen molar-refractivity contribution in [3.05, 3.63) is 42.5 Å². The molecule has 1 aromatic carbocycles. The number of hydrogen-bond acceptors (Lipinski definition) is 4. The molecule has 3 aromatic rings. The minimum absolute atomic E-state index is 0.172. The topological polar surface area (TPSA) is 96.9 Å². The van der Waals surface area contributed by atoms with Crippen LogP contribution in [0.2, 0.25) is 0 Å². The third kappa shape index (κ3) is 4.20. The van der Waals surface area contributed by atoms with Crippen molar-refractivity contribution in [2.75, 3.05) is 19.0 Å². The Hall–Kier alpha value is -2.87. The smallest absolute Gasteiger partial charge is 0.319 e. The number of H-pyrrole nitrogens is 1. The fourth-order valence-corrected chi connectivity index (χ4v) is 2.71. The number of carbonyl (C=O) groups excluding carboxylic acids is 1. The molecule has 8 nitrogen and oxygen atoms in total. The summed E-state index contributed by atoms with van der Waals surface area (Å²) in [5.74, 6) is 0.915. The van der Waals surface area contributed by atoms with Crippen molar-refractivity contribution in [1.82, 2.24) is 25.1 Å². The van der Waals surface area contributed by atoms with Crippen LogP contribution in [0.3, 0.4) is 0 Å². The predicted octanol–water partition coefficient (Wildman–Crippen LogP) is 2.92. The highest BCUT2D eigenvalue weighted by molar-refractivity contribution is 5.89. The monoisotopic (exact) mass is 356 g/mol. The summed E-state index contributed by atoms with van der Waals surface area (Å²) < 4.78 is 6.74. The summed E-state index contributed by atoms with van der Waals surface area (Å²) in [6.07, 6.45) is 3.38. The lowest BCUT2D eigenvalue weighted by molar-refractivity contribution is 0.183. The zero-order valence-electron chi connectivity index (χ0n) is 15.2. The summed E-state index contributed by atoms with van der Waals surface area (Å²) in [7, 11) is 1.64. The molecule has 0 radical (unpaired) electrons. The molecule has 3 N–H and O–H groups in total. The molecule has 1 unspecified atom stereocenters. The highest BCUT2D eigenvalue weighted by Crippen LogP contribution is 2.22. The van der Waals surface area contributed by atoms with Gasteiger partial charge in [-0.1, -0.05) is 26.0 Å². The van der Waals surface area contributed by atoms with E-state index in [9.17, 15) is 4.79 Å². The van der Waals surface area contributed by atoms with Crippen molar-refractivity contribution in [1.29, 1.82) is 0 Å². The second kappa shape index (κ2) is 8.01. The van der Waals surface area contributed by atoms with Gasteiger partial charge in [0.1, 0.15) is 5.82 Å². The van der Waals surface area contributed by atoms with Gasteiger partial charge in [0.05, 0.1) is 42.1 Å². The maximum absolute atomic E-state index is 12.4. The van der Waals surface area contributed by atoms with Crippen LogP contribution in [0.1, 0.15) is 25.7 Å². The van der Waals surface area contributed by atoms with Crippen LogP contribution in [-0.2, 0) is 11.3 Å². The van der Waals surface area contributed by atoms with Gasteiger partial charge in [-0.3, -0.25) is 4.68 Å². The molecule has 0 saturated carbocycles. The number of carbonyl (C=O) groups is 1. The number of amides is 2. The number of urea groups is 1. The van der Waals surface area contributed by atoms with E-state index in [0.29, 0.717) is 18.8 Å². The number of para-hydroxylation sites is 2. The standard InChI is InChI=1S/C18H24N6O2/c1-12(2)16(17-21-14-6-4-5-7-15(14)22-17)23-18(25)20-13-10-19-24(11-13)8-9-26-3/h4-7,10-12,16H,8-9H2,1-3H3,(H,21,22)(H2,20,23,25). The largest absolute Gasteiger partial charge is 0.383 e. The zero-order valence-corrected chi connectivity index (χ0v) is 15.2. The summed E-state index contributed by atoms with van der Waals surface area (Å²) in [5.41, 5.74) is 2.47. The van der Waals surface area contributed by atoms with Gasteiger partial charge in [0.25, 0.3) is 0 Å². The van der Waals surface area contributed by atoms with Crippen LogP contribution in [-0.4, -0.2) is 39.5 Å². The predicted molar refractivity (Wildman–Crippen MR) is 99.9 cm³/mol. The Morgan fingerprint density at radius 3 is 2.88 bits per heavy atom. The van der Waals surface area contributed by atoms with Crippen LogP contribution in [0, 0.1) is 5.92 Å². The average Bonchev–Trinajstić information content (AvgIpc) is 3.23. The van der Waals surface area contributed by atoms with Gasteiger partial charge in [-0.15, -0.1) is 0 Å². The Morgan fingerprint density at radius 2 is 2.15 bits per heavy atom. The van der Waals surface area contributed by atoms with E-state index >= 15 is 0 Å². The van der Waals surface area contributed by atoms with E-state index in [1.165, 1.54) is 0 Å². The summed E-state index contributed by atoms with van der Waals surface area (Å²) in [5, 5.41) is 9.98. The van der Waals surface area contributed by atoms with E-state index in [4.69, 9.17) is 4.74 Å². The molecule has 0 bridgehead atoms. The second-order valence-corrected chi connectivity index (χ2v) is 6.44. The third-order valence-corrected chi connectivity index (χ3v) is 4.07. The molecule has 2 aromatic heterocycles. The molecule has 8 heteroatoms. The highest BCUT2D eigenvalue weighted by atomic mass is 16.5. The number of aromatic amines is 1. The molecule has 26 heavy (non-hydrogen) atoms. The van der Waals surface area contributed by atoms with E-state index in [2.05, 4.69) is 25.7 Å². The van der Waals surface area contributed by atoms with Crippen LogP contribution >= 0.6 is 0 Å². The number of imidazole rings is 1. The van der Waals surface area contributed by atoms with Crippen LogP contribution in [0.5, 0.6) is 0 Å². The fourth-order valence-electron chi connectivity index (χ4n) is 2.71. The number of fused-ring (bicyclic) bond motifs is 1. The third-order valence-electron chi connectivity index (χ3n) is 4.07. The Balaban J connectivity index is 1.67. The van der Waals surface area contributed by atoms with Gasteiger partial charge in [-0.25, -0.2) is 9.78 Å². The Labute approximate surface area is 152 Å². The fraction of sp³-hybridized carbons (Fsp3) is 0.389. The van der Waals surface area contributed by atoms with E-state index in [0.717, 1.165) is 16.9 Å². The number of anilines is 1. The van der Waals surface area contributed by atoms with Crippen molar-refractivity contribution in [2.24, 2.45) is 5.92 Å². The molecule has 1 atom stereocenters. The number of hydrogen-bond donors (Lipinski definition) is 3. The van der Waals surface area contributed by atoms with Crippen molar-refractivity contribution in [3.63, 3.8) is 0 Å². The molecule has 138 valence electrons. The van der Waals surface area contributed by atoms with Crippen LogP contribution < -0.4 is 10.6 Å². The maximum Gasteiger partial charge on any atom is 0.319 e. The number of aromatic nitrogens is 4. The first kappa shape index (κ1) is 17.9. The SMILES string of the molecule is COCCn1cc(NC(=O)NC(c2nc3ccccc3[nH]2)C(C)C)cn1. The van der Waals surface area contributed by atoms with E-state index in [1.54, 1.807) is 24.2 Å². The summed E-state index contributed by atoms with van der Waals surface area (Å²) in [6.45, 7) is 5.28. The molecule has 2 amide bonds. The van der Waals surface area contributed by atoms with Gasteiger partial charge in [0, 0.05) is 13.3 Å². The minimum Gasteiger partial charge on any atom is -0.383 e. The average molecular weight is 356 g/mol. The van der Waals surface area contributed by atoms with Gasteiger partial charge in [-0.05, 0) is 18.1 Å². The quantitative estimate of drug-likeness (QED) is 0.606. The number of nitrogens with one attached hydrogen (secondary N) is 3. The molecule has 2 heterocycles. The molecular weight excluding hydrogens is 332 g/mol. The molecule has 0 fully saturated rings. The van der Waals surface area contributed by atoms with E-state index in [1.807, 2.05) is 38.1 Å². The molecule has 0 spiro atoms. The Kier molecular flexibility index (Phi) is 5.52. The number of nitrogens with zero attached hydrogens (tertiary/aromatic N) is 3. The minimum atomic E-state index is -0.296. The number of ether oxygens (including phenoxy) is 1. The molecule has 0 aliphatic carbocycles. The van der Waals surface area contributed by atoms with Crippen molar-refractivity contribution < 1.29 is 9.53 Å². The molecule has 3 rings (SSSR count). The van der Waals surface area contributed by atoms with E-state index < -0.39 is 0 Å². The highest BCUT2D eigenvalue weighted by Gasteiger charge is 2.22. The first-order chi connectivity index (χ1) is 12.6. The lowest BCUT2D eigenvalue weighted by Crippen LogP contribution is -2.35. The number of rotatable bonds is 7. The van der Waals surface area contributed by atoms with Gasteiger partial charge < -0.3 is 20.4 Å². The van der Waals surface area contributed by atoms with Gasteiger partial charge >= 0.3 is 6.03 Å². The molecular formula is C18H24N6O2. The van der Waals surface area contributed by atoms with Crippen molar-refractivity contribution in [3.8, 4) is 0 Å². The Morgan fingerprint density at radius 1 is 1.35 bits per heavy atom. The van der Waals surface area contributed by atoms with Crippen LogP contribution in [0.25, 0.3) is 11.0 Å². The second-order valence-electron chi connectivity index (χ2n) is 6.44. The summed E-state index contributed by atoms with van der Waals surface area (Å²) in [6, 6.07) is 7.29. The normalized spacial score (nSPS) is 12.5. The van der Waals surface area contributed by atoms with Crippen LogP contribution in [0.4, 0.5) is 10.5 Å².